The van der Waals surface area contributed by atoms with E-state index in [2.05, 4.69) is 35.9 Å². The van der Waals surface area contributed by atoms with Crippen molar-refractivity contribution in [3.8, 4) is 11.1 Å². The van der Waals surface area contributed by atoms with Crippen molar-refractivity contribution in [2.24, 2.45) is 4.99 Å². The average Bonchev–Trinajstić information content (AvgIpc) is 3.69. The van der Waals surface area contributed by atoms with Crippen molar-refractivity contribution in [1.29, 1.82) is 0 Å². The number of carbonyl (C=O) groups is 2. The first-order valence-electron chi connectivity index (χ1n) is 13.5. The molecule has 5 rings (SSSR count). The van der Waals surface area contributed by atoms with E-state index in [4.69, 9.17) is 0 Å². The maximum Gasteiger partial charge on any atom is 0.345 e. The zero-order valence-electron chi connectivity index (χ0n) is 22.6. The lowest BCUT2D eigenvalue weighted by Crippen LogP contribution is -2.65. The van der Waals surface area contributed by atoms with Crippen LogP contribution in [0.2, 0.25) is 0 Å². The van der Waals surface area contributed by atoms with Crippen LogP contribution in [0.3, 0.4) is 0 Å². The normalized spacial score (nSPS) is 14.5. The fourth-order valence-electron chi connectivity index (χ4n) is 4.75. The van der Waals surface area contributed by atoms with Crippen molar-refractivity contribution in [1.82, 2.24) is 30.9 Å². The Bertz CT molecular complexity index is 1710. The van der Waals surface area contributed by atoms with Gasteiger partial charge in [-0.15, -0.1) is 0 Å². The lowest BCUT2D eigenvalue weighted by molar-refractivity contribution is -0.145. The Morgan fingerprint density at radius 2 is 1.71 bits per heavy atom. The fraction of sp³-hybridized carbons (Fsp3) is 0.241. The van der Waals surface area contributed by atoms with E-state index in [1.54, 1.807) is 24.3 Å². The molecule has 13 heteroatoms. The summed E-state index contributed by atoms with van der Waals surface area (Å²) in [5.41, 5.74) is 0.113. The number of aromatic amines is 1. The maximum absolute atomic E-state index is 13.6. The van der Waals surface area contributed by atoms with E-state index in [-0.39, 0.29) is 23.3 Å². The van der Waals surface area contributed by atoms with Crippen molar-refractivity contribution in [2.45, 2.75) is 29.8 Å². The Balaban J connectivity index is 1.40. The van der Waals surface area contributed by atoms with E-state index < -0.39 is 27.6 Å². The molecule has 1 atom stereocenters. The van der Waals surface area contributed by atoms with E-state index >= 15 is 0 Å². The molecule has 0 saturated heterocycles. The number of carboxylic acid groups (broad SMARTS) is 1. The number of unbranched alkanes of at least 4 members (excludes halogenated alkanes) is 1. The first-order chi connectivity index (χ1) is 20.3. The number of hydrogen-bond acceptors (Lipinski definition) is 8. The number of hydrogen-bond donors (Lipinski definition) is 6. The van der Waals surface area contributed by atoms with Gasteiger partial charge in [0.05, 0.1) is 28.7 Å². The van der Waals surface area contributed by atoms with Gasteiger partial charge in [0.15, 0.2) is 5.96 Å². The van der Waals surface area contributed by atoms with Crippen LogP contribution in [-0.4, -0.2) is 66.9 Å². The second-order valence-corrected chi connectivity index (χ2v) is 11.5. The number of aliphatic carboxylic acids is 1. The third-order valence-electron chi connectivity index (χ3n) is 6.95. The molecule has 1 amide bonds. The number of benzene rings is 3. The number of sulfonamides is 1. The second kappa shape index (κ2) is 12.4. The van der Waals surface area contributed by atoms with Crippen LogP contribution in [0.4, 0.5) is 0 Å². The average molecular weight is 590 g/mol. The zero-order chi connectivity index (χ0) is 29.6. The SMILES string of the molecule is O=C(NC(CCCCNC1=NCCN1)(NS(=O)(=O)c1ccc(-c2ccccc2)cc1)C(=O)O)c1cccc2[nH]ncc12. The van der Waals surface area contributed by atoms with Gasteiger partial charge < -0.3 is 21.1 Å². The summed E-state index contributed by atoms with van der Waals surface area (Å²) in [6.07, 6.45) is 2.02. The molecule has 0 spiro atoms. The van der Waals surface area contributed by atoms with Gasteiger partial charge in [-0.3, -0.25) is 14.9 Å². The molecule has 1 aliphatic heterocycles. The summed E-state index contributed by atoms with van der Waals surface area (Å²) in [5, 5.41) is 26.3. The van der Waals surface area contributed by atoms with Gasteiger partial charge in [0.2, 0.25) is 15.7 Å². The standard InChI is InChI=1S/C29H31N7O5S/c37-26(23-9-6-10-25-24(23)19-33-35-25)34-29(27(38)39,15-4-5-16-30-28-31-17-18-32-28)36-42(40,41)22-13-11-21(12-14-22)20-7-2-1-3-8-20/h1-3,6-14,19,36H,4-5,15-18H2,(H,33,35)(H,34,37)(H,38,39)(H2,30,31,32). The Morgan fingerprint density at radius 1 is 0.952 bits per heavy atom. The molecule has 42 heavy (non-hydrogen) atoms. The van der Waals surface area contributed by atoms with Crippen LogP contribution in [-0.2, 0) is 14.8 Å². The minimum absolute atomic E-state index is 0.133. The van der Waals surface area contributed by atoms with Crippen LogP contribution in [0.25, 0.3) is 22.0 Å². The molecule has 0 saturated carbocycles. The van der Waals surface area contributed by atoms with Crippen LogP contribution in [0, 0.1) is 0 Å². The third-order valence-corrected chi connectivity index (χ3v) is 8.46. The summed E-state index contributed by atoms with van der Waals surface area (Å²) in [5.74, 6) is -1.62. The van der Waals surface area contributed by atoms with Gasteiger partial charge in [-0.25, -0.2) is 13.2 Å². The topological polar surface area (TPSA) is 178 Å². The number of carbonyl (C=O) groups excluding carboxylic acids is 1. The van der Waals surface area contributed by atoms with Crippen molar-refractivity contribution in [3.05, 3.63) is 84.6 Å². The van der Waals surface area contributed by atoms with E-state index in [1.807, 2.05) is 30.3 Å². The number of nitrogens with one attached hydrogen (secondary N) is 5. The Kier molecular flexibility index (Phi) is 8.50. The maximum atomic E-state index is 13.6. The highest BCUT2D eigenvalue weighted by molar-refractivity contribution is 7.89. The van der Waals surface area contributed by atoms with E-state index in [9.17, 15) is 23.1 Å². The van der Waals surface area contributed by atoms with Crippen molar-refractivity contribution in [3.63, 3.8) is 0 Å². The zero-order valence-corrected chi connectivity index (χ0v) is 23.4. The first kappa shape index (κ1) is 28.8. The molecule has 0 fully saturated rings. The van der Waals surface area contributed by atoms with Gasteiger partial charge in [-0.2, -0.15) is 9.82 Å². The molecule has 12 nitrogen and oxygen atoms in total. The first-order valence-corrected chi connectivity index (χ1v) is 15.0. The Hall–Kier alpha value is -4.75. The molecule has 0 bridgehead atoms. The van der Waals surface area contributed by atoms with Gasteiger partial charge >= 0.3 is 5.97 Å². The Morgan fingerprint density at radius 3 is 2.43 bits per heavy atom. The summed E-state index contributed by atoms with van der Waals surface area (Å²) >= 11 is 0. The number of rotatable bonds is 12. The number of aliphatic imine (C=N–C) groups is 1. The summed E-state index contributed by atoms with van der Waals surface area (Å²) in [6.45, 7) is 1.90. The summed E-state index contributed by atoms with van der Waals surface area (Å²) in [6, 6.07) is 20.4. The van der Waals surface area contributed by atoms with Gasteiger partial charge in [0.25, 0.3) is 5.91 Å². The number of guanidine groups is 1. The molecule has 218 valence electrons. The van der Waals surface area contributed by atoms with Crippen LogP contribution >= 0.6 is 0 Å². The van der Waals surface area contributed by atoms with Gasteiger partial charge in [-0.1, -0.05) is 48.5 Å². The highest BCUT2D eigenvalue weighted by atomic mass is 32.2. The fourth-order valence-corrected chi connectivity index (χ4v) is 6.07. The lowest BCUT2D eigenvalue weighted by Gasteiger charge is -2.31. The van der Waals surface area contributed by atoms with Crippen LogP contribution < -0.4 is 20.7 Å². The number of aromatic nitrogens is 2. The number of nitrogens with zero attached hydrogens (tertiary/aromatic N) is 2. The van der Waals surface area contributed by atoms with E-state index in [1.165, 1.54) is 24.4 Å². The highest BCUT2D eigenvalue weighted by Gasteiger charge is 2.44. The predicted octanol–water partition coefficient (Wildman–Crippen LogP) is 2.44. The molecule has 0 aliphatic carbocycles. The quantitative estimate of drug-likeness (QED) is 0.108. The van der Waals surface area contributed by atoms with Crippen molar-refractivity contribution >= 4 is 38.8 Å². The largest absolute Gasteiger partial charge is 0.478 e. The molecule has 1 aromatic heterocycles. The summed E-state index contributed by atoms with van der Waals surface area (Å²) in [4.78, 5) is 30.4. The molecule has 0 radical (unpaired) electrons. The van der Waals surface area contributed by atoms with E-state index in [0.717, 1.165) is 17.7 Å². The number of fused-ring (bicyclic) bond motifs is 1. The number of carboxylic acids is 1. The lowest BCUT2D eigenvalue weighted by atomic mass is 10.0. The van der Waals surface area contributed by atoms with Crippen LogP contribution in [0.15, 0.2) is 88.9 Å². The third kappa shape index (κ3) is 6.42. The minimum Gasteiger partial charge on any atom is -0.478 e. The van der Waals surface area contributed by atoms with Crippen molar-refractivity contribution in [2.75, 3.05) is 19.6 Å². The minimum atomic E-state index is -4.39. The number of amides is 1. The molecule has 2 heterocycles. The smallest absolute Gasteiger partial charge is 0.345 e. The second-order valence-electron chi connectivity index (χ2n) is 9.84. The predicted molar refractivity (Wildman–Crippen MR) is 158 cm³/mol. The van der Waals surface area contributed by atoms with Gasteiger partial charge in [-0.05, 0) is 54.7 Å². The van der Waals surface area contributed by atoms with Gasteiger partial charge in [0.1, 0.15) is 0 Å². The summed E-state index contributed by atoms with van der Waals surface area (Å²) < 4.78 is 29.5. The molecule has 3 aromatic carbocycles. The van der Waals surface area contributed by atoms with Gasteiger partial charge in [0, 0.05) is 18.5 Å². The molecule has 1 aliphatic rings. The van der Waals surface area contributed by atoms with E-state index in [0.29, 0.717) is 36.4 Å². The van der Waals surface area contributed by atoms with Crippen LogP contribution in [0.5, 0.6) is 0 Å². The van der Waals surface area contributed by atoms with Crippen molar-refractivity contribution < 1.29 is 23.1 Å². The summed E-state index contributed by atoms with van der Waals surface area (Å²) in [7, 11) is -4.39. The molecule has 1 unspecified atom stereocenters. The Labute approximate surface area is 242 Å². The molecular weight excluding hydrogens is 558 g/mol. The monoisotopic (exact) mass is 589 g/mol. The highest BCUT2D eigenvalue weighted by Crippen LogP contribution is 2.24. The molecular formula is C29H31N7O5S. The molecule has 4 aromatic rings. The number of H-pyrrole nitrogens is 1. The molecule has 6 N–H and O–H groups in total. The van der Waals surface area contributed by atoms with Crippen LogP contribution in [0.1, 0.15) is 29.6 Å².